The fourth-order valence-electron chi connectivity index (χ4n) is 1.97. The molecule has 0 spiro atoms. The maximum absolute atomic E-state index is 6.14. The number of nitrogens with zero attached hydrogens (tertiary/aromatic N) is 2. The van der Waals surface area contributed by atoms with Gasteiger partial charge in [0.1, 0.15) is 0 Å². The van der Waals surface area contributed by atoms with Crippen LogP contribution in [0.1, 0.15) is 31.9 Å². The Balaban J connectivity index is 2.11. The Morgan fingerprint density at radius 1 is 1.69 bits per heavy atom. The van der Waals surface area contributed by atoms with Crippen molar-refractivity contribution < 1.29 is 0 Å². The number of aromatic nitrogens is 2. The topological polar surface area (TPSA) is 43.8 Å². The zero-order valence-electron chi connectivity index (χ0n) is 8.49. The van der Waals surface area contributed by atoms with Gasteiger partial charge in [0, 0.05) is 24.8 Å². The van der Waals surface area contributed by atoms with E-state index in [2.05, 4.69) is 18.9 Å². The van der Waals surface area contributed by atoms with Gasteiger partial charge in [0.05, 0.1) is 6.20 Å². The van der Waals surface area contributed by atoms with Crippen LogP contribution < -0.4 is 5.73 Å². The van der Waals surface area contributed by atoms with Gasteiger partial charge in [-0.3, -0.25) is 4.68 Å². The molecule has 1 aliphatic carbocycles. The molecular weight excluding hydrogens is 162 g/mol. The summed E-state index contributed by atoms with van der Waals surface area (Å²) in [6.45, 7) is 4.54. The van der Waals surface area contributed by atoms with E-state index >= 15 is 0 Å². The minimum absolute atomic E-state index is 0.170. The van der Waals surface area contributed by atoms with Crippen LogP contribution in [0.25, 0.3) is 0 Å². The molecule has 1 heterocycles. The average Bonchev–Trinajstić information content (AvgIpc) is 2.47. The maximum Gasteiger partial charge on any atom is 0.0537 e. The average molecular weight is 179 g/mol. The van der Waals surface area contributed by atoms with Gasteiger partial charge in [0.15, 0.2) is 0 Å². The van der Waals surface area contributed by atoms with E-state index in [1.807, 2.05) is 24.1 Å². The van der Waals surface area contributed by atoms with Crippen molar-refractivity contribution in [3.63, 3.8) is 0 Å². The van der Waals surface area contributed by atoms with E-state index in [0.717, 1.165) is 5.56 Å². The SMILES string of the molecule is Cn1cc(C(N)C2CC2(C)C)cn1. The summed E-state index contributed by atoms with van der Waals surface area (Å²) < 4.78 is 1.81. The van der Waals surface area contributed by atoms with E-state index in [1.54, 1.807) is 0 Å². The highest BCUT2D eigenvalue weighted by molar-refractivity contribution is 5.16. The third-order valence-electron chi connectivity index (χ3n) is 3.13. The number of nitrogens with two attached hydrogens (primary N) is 1. The Bertz CT molecular complexity index is 314. The summed E-state index contributed by atoms with van der Waals surface area (Å²) in [7, 11) is 1.92. The highest BCUT2D eigenvalue weighted by Crippen LogP contribution is 2.56. The van der Waals surface area contributed by atoms with E-state index in [0.29, 0.717) is 11.3 Å². The van der Waals surface area contributed by atoms with Crippen molar-refractivity contribution in [2.45, 2.75) is 26.3 Å². The molecule has 13 heavy (non-hydrogen) atoms. The zero-order valence-corrected chi connectivity index (χ0v) is 8.49. The highest BCUT2D eigenvalue weighted by Gasteiger charge is 2.49. The fourth-order valence-corrected chi connectivity index (χ4v) is 1.97. The van der Waals surface area contributed by atoms with Gasteiger partial charge in [-0.15, -0.1) is 0 Å². The first kappa shape index (κ1) is 8.75. The largest absolute Gasteiger partial charge is 0.324 e. The second-order valence-electron chi connectivity index (χ2n) is 4.77. The normalized spacial score (nSPS) is 27.2. The van der Waals surface area contributed by atoms with Gasteiger partial charge in [-0.05, 0) is 17.8 Å². The lowest BCUT2D eigenvalue weighted by Crippen LogP contribution is -2.14. The van der Waals surface area contributed by atoms with Crippen molar-refractivity contribution in [3.05, 3.63) is 18.0 Å². The molecule has 1 aromatic heterocycles. The third-order valence-corrected chi connectivity index (χ3v) is 3.13. The Morgan fingerprint density at radius 2 is 2.31 bits per heavy atom. The molecule has 0 radical (unpaired) electrons. The monoisotopic (exact) mass is 179 g/mol. The molecule has 0 bridgehead atoms. The van der Waals surface area contributed by atoms with Crippen molar-refractivity contribution in [1.82, 2.24) is 9.78 Å². The molecule has 1 aliphatic rings. The van der Waals surface area contributed by atoms with Gasteiger partial charge < -0.3 is 5.73 Å². The van der Waals surface area contributed by atoms with E-state index in [-0.39, 0.29) is 6.04 Å². The first-order chi connectivity index (χ1) is 6.00. The molecule has 0 amide bonds. The molecule has 1 aromatic rings. The zero-order chi connectivity index (χ0) is 9.64. The third kappa shape index (κ3) is 1.48. The van der Waals surface area contributed by atoms with Crippen molar-refractivity contribution in [3.8, 4) is 0 Å². The Labute approximate surface area is 78.9 Å². The smallest absolute Gasteiger partial charge is 0.0537 e. The fraction of sp³-hybridized carbons (Fsp3) is 0.700. The van der Waals surface area contributed by atoms with Crippen LogP contribution in [-0.4, -0.2) is 9.78 Å². The predicted octanol–water partition coefficient (Wildman–Crippen LogP) is 1.47. The quantitative estimate of drug-likeness (QED) is 0.747. The van der Waals surface area contributed by atoms with Gasteiger partial charge in [-0.25, -0.2) is 0 Å². The number of rotatable bonds is 2. The molecule has 1 saturated carbocycles. The van der Waals surface area contributed by atoms with Crippen molar-refractivity contribution in [1.29, 1.82) is 0 Å². The van der Waals surface area contributed by atoms with Gasteiger partial charge in [-0.1, -0.05) is 13.8 Å². The van der Waals surface area contributed by atoms with Crippen LogP contribution in [0.3, 0.4) is 0 Å². The summed E-state index contributed by atoms with van der Waals surface area (Å²) in [4.78, 5) is 0. The van der Waals surface area contributed by atoms with Gasteiger partial charge >= 0.3 is 0 Å². The summed E-state index contributed by atoms with van der Waals surface area (Å²) in [5.41, 5.74) is 7.74. The van der Waals surface area contributed by atoms with E-state index < -0.39 is 0 Å². The number of hydrogen-bond acceptors (Lipinski definition) is 2. The molecular formula is C10H17N3. The molecule has 0 aliphatic heterocycles. The van der Waals surface area contributed by atoms with Crippen molar-refractivity contribution in [2.24, 2.45) is 24.1 Å². The Morgan fingerprint density at radius 3 is 2.69 bits per heavy atom. The van der Waals surface area contributed by atoms with E-state index in [4.69, 9.17) is 5.73 Å². The van der Waals surface area contributed by atoms with Crippen LogP contribution in [0.2, 0.25) is 0 Å². The molecule has 3 nitrogen and oxygen atoms in total. The number of aryl methyl sites for hydroxylation is 1. The van der Waals surface area contributed by atoms with Crippen LogP contribution >= 0.6 is 0 Å². The predicted molar refractivity (Wildman–Crippen MR) is 52.0 cm³/mol. The molecule has 72 valence electrons. The molecule has 0 aromatic carbocycles. The van der Waals surface area contributed by atoms with Gasteiger partial charge in [0.25, 0.3) is 0 Å². The summed E-state index contributed by atoms with van der Waals surface area (Å²) >= 11 is 0. The van der Waals surface area contributed by atoms with Crippen LogP contribution in [-0.2, 0) is 7.05 Å². The Hall–Kier alpha value is -0.830. The van der Waals surface area contributed by atoms with Crippen molar-refractivity contribution in [2.75, 3.05) is 0 Å². The highest BCUT2D eigenvalue weighted by atomic mass is 15.2. The van der Waals surface area contributed by atoms with Crippen LogP contribution in [0.5, 0.6) is 0 Å². The molecule has 2 atom stereocenters. The van der Waals surface area contributed by atoms with Crippen LogP contribution in [0.15, 0.2) is 12.4 Å². The summed E-state index contributed by atoms with van der Waals surface area (Å²) in [5.74, 6) is 0.636. The standard InChI is InChI=1S/C10H17N3/c1-10(2)4-8(10)9(11)7-5-12-13(3)6-7/h5-6,8-9H,4,11H2,1-3H3. The first-order valence-corrected chi connectivity index (χ1v) is 4.75. The second-order valence-corrected chi connectivity index (χ2v) is 4.77. The lowest BCUT2D eigenvalue weighted by Gasteiger charge is -2.10. The molecule has 1 fully saturated rings. The first-order valence-electron chi connectivity index (χ1n) is 4.75. The van der Waals surface area contributed by atoms with Gasteiger partial charge in [-0.2, -0.15) is 5.10 Å². The molecule has 3 heteroatoms. The van der Waals surface area contributed by atoms with Crippen molar-refractivity contribution >= 4 is 0 Å². The summed E-state index contributed by atoms with van der Waals surface area (Å²) in [5, 5.41) is 4.13. The Kier molecular flexibility index (Phi) is 1.74. The van der Waals surface area contributed by atoms with E-state index in [1.165, 1.54) is 6.42 Å². The minimum Gasteiger partial charge on any atom is -0.324 e. The summed E-state index contributed by atoms with van der Waals surface area (Å²) in [6.07, 6.45) is 5.13. The van der Waals surface area contributed by atoms with Crippen LogP contribution in [0.4, 0.5) is 0 Å². The molecule has 2 N–H and O–H groups in total. The number of hydrogen-bond donors (Lipinski definition) is 1. The van der Waals surface area contributed by atoms with E-state index in [9.17, 15) is 0 Å². The minimum atomic E-state index is 0.170. The molecule has 0 saturated heterocycles. The van der Waals surface area contributed by atoms with Gasteiger partial charge in [0.2, 0.25) is 0 Å². The second kappa shape index (κ2) is 2.58. The van der Waals surface area contributed by atoms with Crippen LogP contribution in [0, 0.1) is 11.3 Å². The summed E-state index contributed by atoms with van der Waals surface area (Å²) in [6, 6.07) is 0.170. The molecule has 2 unspecified atom stereocenters. The lowest BCUT2D eigenvalue weighted by atomic mass is 10.0. The lowest BCUT2D eigenvalue weighted by molar-refractivity contribution is 0.491. The maximum atomic E-state index is 6.14. The molecule has 2 rings (SSSR count).